The first-order valence-electron chi connectivity index (χ1n) is 10.4. The van der Waals surface area contributed by atoms with Crippen LogP contribution in [0.3, 0.4) is 0 Å². The first kappa shape index (κ1) is 19.5. The summed E-state index contributed by atoms with van der Waals surface area (Å²) in [5, 5.41) is 10.4. The number of hydrogen-bond acceptors (Lipinski definition) is 4. The first-order chi connectivity index (χ1) is 14.1. The minimum atomic E-state index is -0.126. The second-order valence-electron chi connectivity index (χ2n) is 7.93. The summed E-state index contributed by atoms with van der Waals surface area (Å²) in [4.78, 5) is 27.4. The van der Waals surface area contributed by atoms with Crippen molar-refractivity contribution in [3.63, 3.8) is 0 Å². The molecule has 1 aliphatic carbocycles. The van der Waals surface area contributed by atoms with Crippen LogP contribution in [0.5, 0.6) is 5.75 Å². The molecule has 4 rings (SSSR count). The van der Waals surface area contributed by atoms with Gasteiger partial charge in [-0.3, -0.25) is 14.7 Å². The molecular weight excluding hydrogens is 368 g/mol. The van der Waals surface area contributed by atoms with Crippen LogP contribution in [0.25, 0.3) is 0 Å². The Hall–Kier alpha value is -2.83. The lowest BCUT2D eigenvalue weighted by Gasteiger charge is -2.27. The monoisotopic (exact) mass is 396 g/mol. The Morgan fingerprint density at radius 3 is 2.69 bits per heavy atom. The molecule has 1 saturated carbocycles. The van der Waals surface area contributed by atoms with Crippen molar-refractivity contribution in [1.82, 2.24) is 20.4 Å². The van der Waals surface area contributed by atoms with Crippen LogP contribution in [0, 0.1) is 0 Å². The molecular formula is C22H28N4O3. The van der Waals surface area contributed by atoms with E-state index in [1.165, 1.54) is 6.42 Å². The van der Waals surface area contributed by atoms with Gasteiger partial charge in [0, 0.05) is 36.8 Å². The predicted octanol–water partition coefficient (Wildman–Crippen LogP) is 2.61. The van der Waals surface area contributed by atoms with Crippen molar-refractivity contribution < 1.29 is 14.3 Å². The average Bonchev–Trinajstić information content (AvgIpc) is 3.18. The van der Waals surface area contributed by atoms with Gasteiger partial charge in [0.25, 0.3) is 5.91 Å². The molecule has 1 aromatic carbocycles. The van der Waals surface area contributed by atoms with Crippen molar-refractivity contribution >= 4 is 11.8 Å². The van der Waals surface area contributed by atoms with Gasteiger partial charge in [0.1, 0.15) is 5.75 Å². The highest BCUT2D eigenvalue weighted by Crippen LogP contribution is 2.23. The molecule has 154 valence electrons. The highest BCUT2D eigenvalue weighted by Gasteiger charge is 2.28. The van der Waals surface area contributed by atoms with Crippen molar-refractivity contribution in [2.24, 2.45) is 0 Å². The Labute approximate surface area is 170 Å². The number of nitrogens with zero attached hydrogens (tertiary/aromatic N) is 2. The van der Waals surface area contributed by atoms with Gasteiger partial charge in [0.2, 0.25) is 5.91 Å². The van der Waals surface area contributed by atoms with E-state index in [2.05, 4.69) is 15.5 Å². The molecule has 0 saturated heterocycles. The van der Waals surface area contributed by atoms with E-state index in [1.54, 1.807) is 7.11 Å². The van der Waals surface area contributed by atoms with Crippen LogP contribution < -0.4 is 10.1 Å². The Morgan fingerprint density at radius 2 is 1.97 bits per heavy atom. The lowest BCUT2D eigenvalue weighted by Crippen LogP contribution is -2.39. The number of nitrogens with one attached hydrogen (secondary N) is 2. The zero-order valence-electron chi connectivity index (χ0n) is 16.9. The van der Waals surface area contributed by atoms with E-state index in [4.69, 9.17) is 4.74 Å². The van der Waals surface area contributed by atoms with Crippen LogP contribution in [0.15, 0.2) is 24.3 Å². The third-order valence-corrected chi connectivity index (χ3v) is 5.96. The predicted molar refractivity (Wildman–Crippen MR) is 109 cm³/mol. The topological polar surface area (TPSA) is 87.3 Å². The fourth-order valence-electron chi connectivity index (χ4n) is 4.23. The number of ether oxygens (including phenoxy) is 1. The van der Waals surface area contributed by atoms with Crippen LogP contribution in [-0.4, -0.2) is 46.6 Å². The average molecular weight is 396 g/mol. The maximum atomic E-state index is 12.8. The van der Waals surface area contributed by atoms with Crippen LogP contribution >= 0.6 is 0 Å². The lowest BCUT2D eigenvalue weighted by molar-refractivity contribution is -0.131. The fraction of sp³-hybridized carbons (Fsp3) is 0.500. The summed E-state index contributed by atoms with van der Waals surface area (Å²) in [6, 6.07) is 7.78. The molecule has 0 radical (unpaired) electrons. The van der Waals surface area contributed by atoms with Crippen molar-refractivity contribution in [2.75, 3.05) is 13.7 Å². The van der Waals surface area contributed by atoms with Gasteiger partial charge < -0.3 is 15.0 Å². The van der Waals surface area contributed by atoms with E-state index >= 15 is 0 Å². The van der Waals surface area contributed by atoms with Crippen molar-refractivity contribution in [1.29, 1.82) is 0 Å². The number of rotatable bonds is 5. The van der Waals surface area contributed by atoms with Crippen LogP contribution in [0.4, 0.5) is 0 Å². The molecule has 7 nitrogen and oxygen atoms in total. The molecule has 2 aromatic rings. The number of fused-ring (bicyclic) bond motifs is 1. The summed E-state index contributed by atoms with van der Waals surface area (Å²) in [7, 11) is 1.62. The summed E-state index contributed by atoms with van der Waals surface area (Å²) in [5.74, 6) is 0.704. The van der Waals surface area contributed by atoms with E-state index in [-0.39, 0.29) is 17.9 Å². The number of carbonyl (C=O) groups excluding carboxylic acids is 2. The Kier molecular flexibility index (Phi) is 5.83. The molecule has 2 amide bonds. The summed E-state index contributed by atoms with van der Waals surface area (Å²) >= 11 is 0. The zero-order chi connectivity index (χ0) is 20.2. The second-order valence-corrected chi connectivity index (χ2v) is 7.93. The van der Waals surface area contributed by atoms with E-state index in [1.807, 2.05) is 29.2 Å². The quantitative estimate of drug-likeness (QED) is 0.813. The molecule has 0 bridgehead atoms. The fourth-order valence-corrected chi connectivity index (χ4v) is 4.23. The summed E-state index contributed by atoms with van der Waals surface area (Å²) < 4.78 is 5.17. The van der Waals surface area contributed by atoms with Gasteiger partial charge in [0.15, 0.2) is 5.69 Å². The Balaban J connectivity index is 1.41. The molecule has 2 N–H and O–H groups in total. The lowest BCUT2D eigenvalue weighted by atomic mass is 9.95. The number of benzene rings is 1. The van der Waals surface area contributed by atoms with E-state index < -0.39 is 0 Å². The van der Waals surface area contributed by atoms with Gasteiger partial charge in [-0.15, -0.1) is 0 Å². The van der Waals surface area contributed by atoms with Gasteiger partial charge >= 0.3 is 0 Å². The molecule has 1 fully saturated rings. The Bertz CT molecular complexity index is 869. The maximum absolute atomic E-state index is 12.8. The van der Waals surface area contributed by atoms with Crippen molar-refractivity contribution in [3.8, 4) is 5.75 Å². The largest absolute Gasteiger partial charge is 0.497 e. The van der Waals surface area contributed by atoms with Gasteiger partial charge in [-0.1, -0.05) is 31.4 Å². The number of aromatic amines is 1. The van der Waals surface area contributed by atoms with E-state index in [0.717, 1.165) is 48.3 Å². The number of aromatic nitrogens is 2. The highest BCUT2D eigenvalue weighted by atomic mass is 16.5. The van der Waals surface area contributed by atoms with E-state index in [0.29, 0.717) is 31.6 Å². The smallest absolute Gasteiger partial charge is 0.272 e. The molecule has 2 aliphatic rings. The summed E-state index contributed by atoms with van der Waals surface area (Å²) in [5.41, 5.74) is 3.21. The summed E-state index contributed by atoms with van der Waals surface area (Å²) in [6.07, 6.45) is 6.66. The molecule has 1 aromatic heterocycles. The minimum Gasteiger partial charge on any atom is -0.497 e. The number of methoxy groups -OCH3 is 1. The second kappa shape index (κ2) is 8.68. The molecule has 1 aliphatic heterocycles. The summed E-state index contributed by atoms with van der Waals surface area (Å²) in [6.45, 7) is 1.06. The number of hydrogen-bond donors (Lipinski definition) is 2. The Morgan fingerprint density at radius 1 is 1.21 bits per heavy atom. The van der Waals surface area contributed by atoms with Gasteiger partial charge in [-0.25, -0.2) is 0 Å². The van der Waals surface area contributed by atoms with Gasteiger partial charge in [-0.05, 0) is 30.5 Å². The molecule has 0 unspecified atom stereocenters. The highest BCUT2D eigenvalue weighted by molar-refractivity contribution is 5.94. The van der Waals surface area contributed by atoms with Crippen LogP contribution in [0.2, 0.25) is 0 Å². The minimum absolute atomic E-state index is 0.0562. The van der Waals surface area contributed by atoms with E-state index in [9.17, 15) is 9.59 Å². The number of carbonyl (C=O) groups is 2. The normalized spacial score (nSPS) is 16.9. The first-order valence-corrected chi connectivity index (χ1v) is 10.4. The standard InChI is InChI=1S/C22H28N4O3/c1-29-17-9-7-15(8-10-17)13-20(27)26-12-11-19-18(14-26)21(25-24-19)22(28)23-16-5-3-2-4-6-16/h7-10,16H,2-6,11-14H2,1H3,(H,23,28)(H,24,25). The number of H-pyrrole nitrogens is 1. The number of amides is 2. The molecule has 0 atom stereocenters. The molecule has 2 heterocycles. The van der Waals surface area contributed by atoms with Crippen LogP contribution in [-0.2, 0) is 24.2 Å². The van der Waals surface area contributed by atoms with Crippen LogP contribution in [0.1, 0.15) is 59.4 Å². The van der Waals surface area contributed by atoms with Crippen molar-refractivity contribution in [3.05, 3.63) is 46.8 Å². The third-order valence-electron chi connectivity index (χ3n) is 5.96. The maximum Gasteiger partial charge on any atom is 0.272 e. The zero-order valence-corrected chi connectivity index (χ0v) is 16.9. The third kappa shape index (κ3) is 4.44. The SMILES string of the molecule is COc1ccc(CC(=O)N2CCc3[nH]nc(C(=O)NC4CCCCC4)c3C2)cc1. The van der Waals surface area contributed by atoms with Gasteiger partial charge in [0.05, 0.1) is 13.5 Å². The molecule has 7 heteroatoms. The molecule has 29 heavy (non-hydrogen) atoms. The molecule has 0 spiro atoms. The van der Waals surface area contributed by atoms with Gasteiger partial charge in [-0.2, -0.15) is 5.10 Å². The van der Waals surface area contributed by atoms with Crippen molar-refractivity contribution in [2.45, 2.75) is 57.5 Å².